The number of amides is 1. The lowest BCUT2D eigenvalue weighted by Gasteiger charge is -2.44. The van der Waals surface area contributed by atoms with Crippen molar-refractivity contribution in [3.8, 4) is 0 Å². The van der Waals surface area contributed by atoms with Gasteiger partial charge < -0.3 is 33.7 Å². The fourth-order valence-electron chi connectivity index (χ4n) is 2.45. The van der Waals surface area contributed by atoms with E-state index in [-0.39, 0.29) is 6.61 Å². The van der Waals surface area contributed by atoms with E-state index in [4.69, 9.17) is 23.7 Å². The third kappa shape index (κ3) is 6.15. The molecule has 5 atom stereocenters. The van der Waals surface area contributed by atoms with Gasteiger partial charge in [-0.15, -0.1) is 0 Å². The Morgan fingerprint density at radius 3 is 1.96 bits per heavy atom. The van der Waals surface area contributed by atoms with Crippen molar-refractivity contribution >= 4 is 24.0 Å². The molecule has 1 amide bonds. The molecule has 0 aromatic heterocycles. The molecule has 11 nitrogen and oxygen atoms in total. The maximum atomic E-state index is 11.6. The Morgan fingerprint density at radius 2 is 1.50 bits per heavy atom. The molecule has 0 bridgehead atoms. The van der Waals surface area contributed by atoms with Crippen LogP contribution < -0.4 is 5.32 Å². The van der Waals surface area contributed by atoms with Gasteiger partial charge in [0, 0.05) is 27.9 Å². The Bertz CT molecular complexity index is 537. The Kier molecular flexibility index (Phi) is 8.26. The summed E-state index contributed by atoms with van der Waals surface area (Å²) in [4.78, 5) is 45.8. The van der Waals surface area contributed by atoms with Crippen LogP contribution in [0.5, 0.6) is 0 Å². The molecule has 26 heavy (non-hydrogen) atoms. The highest BCUT2D eigenvalue weighted by Crippen LogP contribution is 2.27. The summed E-state index contributed by atoms with van der Waals surface area (Å²) in [6.07, 6.45) is -5.25. The lowest BCUT2D eigenvalue weighted by Crippen LogP contribution is -2.66. The Hall–Kier alpha value is -2.40. The van der Waals surface area contributed by atoms with E-state index in [1.807, 2.05) is 0 Å². The minimum atomic E-state index is -1.17. The zero-order chi connectivity index (χ0) is 19.9. The molecule has 0 spiro atoms. The van der Waals surface area contributed by atoms with Crippen LogP contribution in [0.25, 0.3) is 0 Å². The van der Waals surface area contributed by atoms with E-state index in [0.29, 0.717) is 0 Å². The number of carbonyl (C=O) groups is 4. The monoisotopic (exact) mass is 377 g/mol. The Morgan fingerprint density at radius 1 is 0.923 bits per heavy atom. The van der Waals surface area contributed by atoms with Gasteiger partial charge in [0.25, 0.3) is 0 Å². The summed E-state index contributed by atoms with van der Waals surface area (Å²) in [6.45, 7) is 3.22. The fourth-order valence-corrected chi connectivity index (χ4v) is 2.45. The van der Waals surface area contributed by atoms with Gasteiger partial charge in [-0.2, -0.15) is 0 Å². The zero-order valence-electron chi connectivity index (χ0n) is 15.2. The first-order valence-electron chi connectivity index (χ1n) is 7.70. The zero-order valence-corrected chi connectivity index (χ0v) is 15.2. The molecule has 1 N–H and O–H groups in total. The van der Waals surface area contributed by atoms with E-state index < -0.39 is 54.6 Å². The Balaban J connectivity index is 3.20. The molecule has 0 aromatic carbocycles. The van der Waals surface area contributed by atoms with Crippen LogP contribution in [0.2, 0.25) is 0 Å². The molecule has 0 aromatic rings. The highest BCUT2D eigenvalue weighted by Gasteiger charge is 2.51. The maximum absolute atomic E-state index is 11.6. The van der Waals surface area contributed by atoms with E-state index in [1.54, 1.807) is 0 Å². The predicted octanol–water partition coefficient (Wildman–Crippen LogP) is -0.491. The van der Waals surface area contributed by atoms with Gasteiger partial charge in [-0.3, -0.25) is 14.4 Å². The van der Waals surface area contributed by atoms with Crippen molar-refractivity contribution in [2.45, 2.75) is 51.4 Å². The number of carbonyl (C=O) groups excluding carboxylic acids is 4. The minimum absolute atomic E-state index is 0.282. The van der Waals surface area contributed by atoms with E-state index in [1.165, 1.54) is 14.0 Å². The topological polar surface area (TPSA) is 136 Å². The van der Waals surface area contributed by atoms with Crippen LogP contribution in [0.4, 0.5) is 4.79 Å². The molecule has 11 heteroatoms. The van der Waals surface area contributed by atoms with E-state index in [9.17, 15) is 19.2 Å². The van der Waals surface area contributed by atoms with E-state index in [0.717, 1.165) is 21.0 Å². The second-order valence-corrected chi connectivity index (χ2v) is 5.39. The largest absolute Gasteiger partial charge is 0.463 e. The molecule has 1 rings (SSSR count). The fraction of sp³-hybridized carbons (Fsp3) is 0.733. The van der Waals surface area contributed by atoms with Crippen molar-refractivity contribution in [1.82, 2.24) is 5.32 Å². The van der Waals surface area contributed by atoms with Gasteiger partial charge in [0.2, 0.25) is 0 Å². The van der Waals surface area contributed by atoms with Crippen molar-refractivity contribution in [3.63, 3.8) is 0 Å². The third-order valence-electron chi connectivity index (χ3n) is 3.40. The molecular formula is C15H23NO10. The second kappa shape index (κ2) is 9.92. The molecule has 148 valence electrons. The number of hydrogen-bond acceptors (Lipinski definition) is 10. The third-order valence-corrected chi connectivity index (χ3v) is 3.40. The van der Waals surface area contributed by atoms with Crippen molar-refractivity contribution in [2.75, 3.05) is 20.8 Å². The SMILES string of the molecule is COC(=O)N[C@H]1[C@H](OC)O[C@H](COC(C)=O)[C@@H](OC(C)=O)[C@@H]1OC(C)=O. The molecule has 1 saturated heterocycles. The predicted molar refractivity (Wildman–Crippen MR) is 82.7 cm³/mol. The average molecular weight is 377 g/mol. The van der Waals surface area contributed by atoms with Gasteiger partial charge >= 0.3 is 24.0 Å². The van der Waals surface area contributed by atoms with Crippen LogP contribution in [-0.2, 0) is 42.8 Å². The van der Waals surface area contributed by atoms with Gasteiger partial charge in [-0.25, -0.2) is 4.79 Å². The molecule has 0 saturated carbocycles. The van der Waals surface area contributed by atoms with Gasteiger partial charge in [-0.05, 0) is 0 Å². The Labute approximate surface area is 150 Å². The number of methoxy groups -OCH3 is 2. The number of esters is 3. The van der Waals surface area contributed by atoms with Gasteiger partial charge in [0.1, 0.15) is 18.8 Å². The first-order chi connectivity index (χ1) is 12.2. The number of ether oxygens (including phenoxy) is 6. The summed E-state index contributed by atoms with van der Waals surface area (Å²) in [7, 11) is 2.45. The molecule has 0 unspecified atom stereocenters. The highest BCUT2D eigenvalue weighted by molar-refractivity contribution is 5.69. The van der Waals surface area contributed by atoms with Crippen molar-refractivity contribution in [3.05, 3.63) is 0 Å². The maximum Gasteiger partial charge on any atom is 0.407 e. The molecular weight excluding hydrogens is 354 g/mol. The lowest BCUT2D eigenvalue weighted by atomic mass is 9.96. The second-order valence-electron chi connectivity index (χ2n) is 5.39. The van der Waals surface area contributed by atoms with Crippen molar-refractivity contribution < 1.29 is 47.6 Å². The first kappa shape index (κ1) is 21.6. The summed E-state index contributed by atoms with van der Waals surface area (Å²) >= 11 is 0. The lowest BCUT2D eigenvalue weighted by molar-refractivity contribution is -0.271. The summed E-state index contributed by atoms with van der Waals surface area (Å²) in [5.74, 6) is -1.95. The average Bonchev–Trinajstić information content (AvgIpc) is 2.55. The van der Waals surface area contributed by atoms with Gasteiger partial charge in [0.05, 0.1) is 7.11 Å². The number of nitrogens with one attached hydrogen (secondary N) is 1. The number of alkyl carbamates (subject to hydrolysis) is 1. The normalized spacial score (nSPS) is 27.8. The smallest absolute Gasteiger partial charge is 0.407 e. The summed E-state index contributed by atoms with van der Waals surface area (Å²) < 4.78 is 30.7. The molecule has 0 radical (unpaired) electrons. The molecule has 0 aliphatic carbocycles. The number of rotatable bonds is 6. The van der Waals surface area contributed by atoms with Crippen LogP contribution in [0.1, 0.15) is 20.8 Å². The molecule has 1 heterocycles. The summed E-state index contributed by atoms with van der Waals surface area (Å²) in [5.41, 5.74) is 0. The van der Waals surface area contributed by atoms with E-state index >= 15 is 0 Å². The molecule has 1 aliphatic rings. The summed E-state index contributed by atoms with van der Waals surface area (Å²) in [6, 6.07) is -1.05. The minimum Gasteiger partial charge on any atom is -0.463 e. The standard InChI is InChI=1S/C15H23NO10/c1-7(17)23-6-10-12(24-8(2)18)13(25-9(3)19)11(14(21-4)26-10)16-15(20)22-5/h10-14H,6H2,1-5H3,(H,16,20)/t10-,11-,12-,13-,14-/m1/s1. The van der Waals surface area contributed by atoms with Crippen LogP contribution >= 0.6 is 0 Å². The molecule has 1 fully saturated rings. The quantitative estimate of drug-likeness (QED) is 0.477. The first-order valence-corrected chi connectivity index (χ1v) is 7.70. The van der Waals surface area contributed by atoms with E-state index in [2.05, 4.69) is 10.1 Å². The van der Waals surface area contributed by atoms with Crippen LogP contribution in [0.3, 0.4) is 0 Å². The number of hydrogen-bond donors (Lipinski definition) is 1. The van der Waals surface area contributed by atoms with Crippen molar-refractivity contribution in [1.29, 1.82) is 0 Å². The summed E-state index contributed by atoms with van der Waals surface area (Å²) in [5, 5.41) is 2.43. The highest BCUT2D eigenvalue weighted by atomic mass is 16.7. The van der Waals surface area contributed by atoms with Crippen LogP contribution in [0.15, 0.2) is 0 Å². The van der Waals surface area contributed by atoms with Crippen LogP contribution in [-0.4, -0.2) is 75.5 Å². The van der Waals surface area contributed by atoms with Gasteiger partial charge in [-0.1, -0.05) is 0 Å². The van der Waals surface area contributed by atoms with Crippen LogP contribution in [0, 0.1) is 0 Å². The van der Waals surface area contributed by atoms with Crippen molar-refractivity contribution in [2.24, 2.45) is 0 Å². The molecule has 1 aliphatic heterocycles. The van der Waals surface area contributed by atoms with Gasteiger partial charge in [0.15, 0.2) is 18.5 Å².